The van der Waals surface area contributed by atoms with E-state index in [4.69, 9.17) is 4.99 Å². The van der Waals surface area contributed by atoms with Gasteiger partial charge in [-0.05, 0) is 60.7 Å². The maximum Gasteiger partial charge on any atom is 0.131 e. The predicted octanol–water partition coefficient (Wildman–Crippen LogP) is 6.24. The number of aryl methyl sites for hydroxylation is 1. The summed E-state index contributed by atoms with van der Waals surface area (Å²) in [4.78, 5) is 5.04. The number of nitrogens with one attached hydrogen (secondary N) is 2. The van der Waals surface area contributed by atoms with Crippen LogP contribution in [-0.4, -0.2) is 12.0 Å². The lowest BCUT2D eigenvalue weighted by molar-refractivity contribution is 0.441. The predicted molar refractivity (Wildman–Crippen MR) is 134 cm³/mol. The molecule has 0 amide bonds. The molecule has 2 unspecified atom stereocenters. The van der Waals surface area contributed by atoms with Crippen molar-refractivity contribution in [1.29, 1.82) is 0 Å². The second kappa shape index (κ2) is 10.6. The molecule has 2 aromatic carbocycles. The zero-order chi connectivity index (χ0) is 22.2. The topological polar surface area (TPSA) is 36.4 Å². The molecule has 2 aromatic rings. The molecule has 3 rings (SSSR count). The van der Waals surface area contributed by atoms with Gasteiger partial charge in [0.1, 0.15) is 18.2 Å². The number of aliphatic imine (C=N–C) groups is 1. The minimum Gasteiger partial charge on any atom is -0.350 e. The molecule has 3 heteroatoms. The van der Waals surface area contributed by atoms with Crippen molar-refractivity contribution >= 4 is 11.4 Å². The molecular weight excluding hydrogens is 378 g/mol. The van der Waals surface area contributed by atoms with E-state index in [0.717, 1.165) is 28.1 Å². The van der Waals surface area contributed by atoms with Gasteiger partial charge in [0.15, 0.2) is 0 Å². The second-order valence-electron chi connectivity index (χ2n) is 7.47. The molecule has 2 N–H and O–H groups in total. The minimum atomic E-state index is -0.144. The van der Waals surface area contributed by atoms with Crippen LogP contribution >= 0.6 is 0 Å². The number of nitrogens with zero attached hydrogens (tertiary/aromatic N) is 1. The molecule has 31 heavy (non-hydrogen) atoms. The number of allylic oxidation sites excluding steroid dienone is 6. The summed E-state index contributed by atoms with van der Waals surface area (Å²) >= 11 is 0. The first kappa shape index (κ1) is 22.3. The van der Waals surface area contributed by atoms with Crippen LogP contribution in [-0.2, 0) is 0 Å². The lowest BCUT2D eigenvalue weighted by Gasteiger charge is -2.33. The van der Waals surface area contributed by atoms with Crippen LogP contribution in [0.3, 0.4) is 0 Å². The summed E-state index contributed by atoms with van der Waals surface area (Å²) in [6.07, 6.45) is 11.7. The van der Waals surface area contributed by atoms with Crippen LogP contribution in [0.1, 0.15) is 42.3 Å². The van der Waals surface area contributed by atoms with Gasteiger partial charge < -0.3 is 5.32 Å². The maximum absolute atomic E-state index is 5.04. The standard InChI is InChI=1S/C28H31N3/c1-6-13-21(8-3)24-17-20(5)18-25(19-24)28-30-26(22(9-4)14-7-2)29-27(31-28)23-15-11-10-12-16-23/h6-19,26-27,29H,1,3H2,2,4-5H3,(H,30,31)/b14-7-,21-13+,22-9+. The van der Waals surface area contributed by atoms with Crippen LogP contribution in [0.4, 0.5) is 0 Å². The summed E-state index contributed by atoms with van der Waals surface area (Å²) in [7, 11) is 0. The lowest BCUT2D eigenvalue weighted by atomic mass is 9.98. The van der Waals surface area contributed by atoms with Gasteiger partial charge in [-0.15, -0.1) is 0 Å². The third kappa shape index (κ3) is 5.39. The highest BCUT2D eigenvalue weighted by Gasteiger charge is 2.25. The summed E-state index contributed by atoms with van der Waals surface area (Å²) in [5.41, 5.74) is 6.65. The van der Waals surface area contributed by atoms with Crippen molar-refractivity contribution in [2.75, 3.05) is 0 Å². The quantitative estimate of drug-likeness (QED) is 0.531. The fraction of sp³-hybridized carbons (Fsp3) is 0.179. The first-order chi connectivity index (χ1) is 15.1. The largest absolute Gasteiger partial charge is 0.350 e. The number of benzene rings is 2. The molecule has 0 spiro atoms. The Balaban J connectivity index is 2.10. The van der Waals surface area contributed by atoms with Crippen LogP contribution in [0, 0.1) is 6.92 Å². The number of hydrogen-bond acceptors (Lipinski definition) is 3. The van der Waals surface area contributed by atoms with Crippen molar-refractivity contribution in [3.05, 3.63) is 126 Å². The Morgan fingerprint density at radius 3 is 2.48 bits per heavy atom. The summed E-state index contributed by atoms with van der Waals surface area (Å²) < 4.78 is 0. The van der Waals surface area contributed by atoms with Gasteiger partial charge >= 0.3 is 0 Å². The van der Waals surface area contributed by atoms with Crippen LogP contribution < -0.4 is 10.6 Å². The highest BCUT2D eigenvalue weighted by atomic mass is 15.3. The molecule has 0 fully saturated rings. The second-order valence-corrected chi connectivity index (χ2v) is 7.47. The summed E-state index contributed by atoms with van der Waals surface area (Å²) in [6.45, 7) is 14.0. The zero-order valence-electron chi connectivity index (χ0n) is 18.6. The first-order valence-electron chi connectivity index (χ1n) is 10.6. The van der Waals surface area contributed by atoms with Crippen molar-refractivity contribution in [3.63, 3.8) is 0 Å². The average molecular weight is 410 g/mol. The molecule has 3 nitrogen and oxygen atoms in total. The third-order valence-corrected chi connectivity index (χ3v) is 5.21. The van der Waals surface area contributed by atoms with Gasteiger partial charge in [-0.1, -0.05) is 86.0 Å². The molecule has 0 bridgehead atoms. The third-order valence-electron chi connectivity index (χ3n) is 5.21. The average Bonchev–Trinajstić information content (AvgIpc) is 2.80. The van der Waals surface area contributed by atoms with Crippen LogP contribution in [0.2, 0.25) is 0 Å². The fourth-order valence-corrected chi connectivity index (χ4v) is 3.73. The number of amidine groups is 1. The van der Waals surface area contributed by atoms with E-state index in [1.54, 1.807) is 6.08 Å². The van der Waals surface area contributed by atoms with Crippen LogP contribution in [0.25, 0.3) is 5.57 Å². The van der Waals surface area contributed by atoms with Crippen molar-refractivity contribution in [2.24, 2.45) is 4.99 Å². The number of hydrogen-bond donors (Lipinski definition) is 2. The molecule has 158 valence electrons. The van der Waals surface area contributed by atoms with E-state index in [-0.39, 0.29) is 12.3 Å². The molecule has 1 aliphatic heterocycles. The van der Waals surface area contributed by atoms with Gasteiger partial charge in [0, 0.05) is 5.56 Å². The van der Waals surface area contributed by atoms with Gasteiger partial charge in [-0.3, -0.25) is 5.32 Å². The van der Waals surface area contributed by atoms with Crippen LogP contribution in [0.5, 0.6) is 0 Å². The van der Waals surface area contributed by atoms with E-state index in [0.29, 0.717) is 0 Å². The van der Waals surface area contributed by atoms with E-state index in [1.807, 2.05) is 37.3 Å². The van der Waals surface area contributed by atoms with Crippen molar-refractivity contribution < 1.29 is 0 Å². The Morgan fingerprint density at radius 1 is 1.06 bits per heavy atom. The molecule has 1 aliphatic rings. The van der Waals surface area contributed by atoms with Crippen molar-refractivity contribution in [3.8, 4) is 0 Å². The normalized spacial score (nSPS) is 19.6. The Labute approximate surface area is 186 Å². The Bertz CT molecular complexity index is 1050. The van der Waals surface area contributed by atoms with Crippen LogP contribution in [0.15, 0.2) is 109 Å². The molecule has 2 atom stereocenters. The molecule has 0 aromatic heterocycles. The van der Waals surface area contributed by atoms with Gasteiger partial charge in [-0.25, -0.2) is 4.99 Å². The highest BCUT2D eigenvalue weighted by molar-refractivity contribution is 6.00. The van der Waals surface area contributed by atoms with E-state index in [1.165, 1.54) is 11.1 Å². The molecule has 1 heterocycles. The van der Waals surface area contributed by atoms with E-state index < -0.39 is 0 Å². The van der Waals surface area contributed by atoms with E-state index >= 15 is 0 Å². The smallest absolute Gasteiger partial charge is 0.131 e. The first-order valence-corrected chi connectivity index (χ1v) is 10.6. The zero-order valence-corrected chi connectivity index (χ0v) is 18.6. The van der Waals surface area contributed by atoms with Gasteiger partial charge in [0.2, 0.25) is 0 Å². The minimum absolute atomic E-state index is 0.0505. The van der Waals surface area contributed by atoms with Gasteiger partial charge in [-0.2, -0.15) is 0 Å². The summed E-state index contributed by atoms with van der Waals surface area (Å²) in [5.74, 6) is 0.869. The van der Waals surface area contributed by atoms with E-state index in [9.17, 15) is 0 Å². The fourth-order valence-electron chi connectivity index (χ4n) is 3.73. The van der Waals surface area contributed by atoms with Gasteiger partial charge in [0.25, 0.3) is 0 Å². The molecule has 0 radical (unpaired) electrons. The number of rotatable bonds is 7. The van der Waals surface area contributed by atoms with Crippen molar-refractivity contribution in [1.82, 2.24) is 10.6 Å². The summed E-state index contributed by atoms with van der Waals surface area (Å²) in [6, 6.07) is 16.8. The SMILES string of the molecule is C=C/C=C(\C=C)c1cc(C)cc(C2=NC(c3ccccc3)NC(C(/C=C\C)=C/C)N2)c1. The molecular formula is C28H31N3. The Kier molecular flexibility index (Phi) is 7.58. The molecule has 0 saturated heterocycles. The van der Waals surface area contributed by atoms with E-state index in [2.05, 4.69) is 86.2 Å². The molecule has 0 aliphatic carbocycles. The monoisotopic (exact) mass is 409 g/mol. The lowest BCUT2D eigenvalue weighted by Crippen LogP contribution is -2.52. The summed E-state index contributed by atoms with van der Waals surface area (Å²) in [5, 5.41) is 7.23. The highest BCUT2D eigenvalue weighted by Crippen LogP contribution is 2.24. The van der Waals surface area contributed by atoms with Crippen molar-refractivity contribution in [2.45, 2.75) is 33.1 Å². The van der Waals surface area contributed by atoms with Gasteiger partial charge in [0.05, 0.1) is 0 Å². The Morgan fingerprint density at radius 2 is 1.84 bits per heavy atom. The molecule has 0 saturated carbocycles. The Hall–Kier alpha value is -3.43. The maximum atomic E-state index is 5.04.